The van der Waals surface area contributed by atoms with Gasteiger partial charge in [-0.1, -0.05) is 12.1 Å². The molecule has 2 aromatic carbocycles. The Hall–Kier alpha value is -2.94. The largest absolute Gasteiger partial charge is 0.497 e. The minimum atomic E-state index is -3.83. The van der Waals surface area contributed by atoms with Crippen LogP contribution in [0.5, 0.6) is 5.75 Å². The number of ether oxygens (including phenoxy) is 1. The number of carboxylic acid groups (broad SMARTS) is 1. The molecule has 1 heterocycles. The molecule has 3 rings (SSSR count). The number of benzene rings is 2. The molecule has 0 spiro atoms. The highest BCUT2D eigenvalue weighted by Gasteiger charge is 2.43. The first-order valence-electron chi connectivity index (χ1n) is 8.79. The molecule has 29 heavy (non-hydrogen) atoms. The molecule has 7 nitrogen and oxygen atoms in total. The molecular weight excluding hydrogens is 399 g/mol. The molecule has 1 aromatic heterocycles. The molecule has 0 bridgehead atoms. The minimum absolute atomic E-state index is 0.0596. The number of hydrogen-bond acceptors (Lipinski definition) is 5. The number of rotatable bonds is 7. The van der Waals surface area contributed by atoms with Gasteiger partial charge in [-0.3, -0.25) is 9.48 Å². The molecule has 0 radical (unpaired) electrons. The van der Waals surface area contributed by atoms with Gasteiger partial charge < -0.3 is 9.84 Å². The third-order valence-electron chi connectivity index (χ3n) is 5.13. The Morgan fingerprint density at radius 3 is 2.48 bits per heavy atom. The summed E-state index contributed by atoms with van der Waals surface area (Å²) in [5.41, 5.74) is 1.47. The summed E-state index contributed by atoms with van der Waals surface area (Å²) in [5.74, 6) is -1.20. The number of sulfone groups is 1. The molecular formula is C20H21FN2O5S. The van der Waals surface area contributed by atoms with Crippen molar-refractivity contribution in [1.29, 1.82) is 0 Å². The van der Waals surface area contributed by atoms with Crippen molar-refractivity contribution >= 4 is 26.7 Å². The Balaban J connectivity index is 1.91. The van der Waals surface area contributed by atoms with Gasteiger partial charge in [0.2, 0.25) is 0 Å². The molecule has 154 valence electrons. The first kappa shape index (κ1) is 20.8. The highest BCUT2D eigenvalue weighted by Crippen LogP contribution is 2.29. The van der Waals surface area contributed by atoms with Crippen LogP contribution >= 0.6 is 0 Å². The molecule has 0 saturated carbocycles. The average molecular weight is 420 g/mol. The number of carboxylic acids is 1. The second kappa shape index (κ2) is 7.47. The van der Waals surface area contributed by atoms with Crippen molar-refractivity contribution in [1.82, 2.24) is 9.78 Å². The van der Waals surface area contributed by atoms with E-state index in [1.165, 1.54) is 17.7 Å². The summed E-state index contributed by atoms with van der Waals surface area (Å²) >= 11 is 0. The zero-order valence-corrected chi connectivity index (χ0v) is 17.0. The molecule has 1 atom stereocenters. The number of aromatic nitrogens is 2. The lowest BCUT2D eigenvalue weighted by Crippen LogP contribution is -2.43. The Labute approximate surface area is 167 Å². The van der Waals surface area contributed by atoms with Crippen molar-refractivity contribution in [2.75, 3.05) is 13.4 Å². The van der Waals surface area contributed by atoms with E-state index in [2.05, 4.69) is 5.10 Å². The molecule has 0 aliphatic carbocycles. The number of halogens is 1. The lowest BCUT2D eigenvalue weighted by molar-refractivity contribution is -0.139. The maximum absolute atomic E-state index is 14.6. The smallest absolute Gasteiger partial charge is 0.324 e. The predicted molar refractivity (Wildman–Crippen MR) is 107 cm³/mol. The van der Waals surface area contributed by atoms with Crippen LogP contribution in [0, 0.1) is 5.82 Å². The third-order valence-corrected chi connectivity index (χ3v) is 7.15. The summed E-state index contributed by atoms with van der Waals surface area (Å²) in [5, 5.41) is 14.3. The van der Waals surface area contributed by atoms with Gasteiger partial charge in [0, 0.05) is 36.0 Å². The van der Waals surface area contributed by atoms with Gasteiger partial charge in [-0.05, 0) is 37.1 Å². The van der Waals surface area contributed by atoms with Gasteiger partial charge in [0.1, 0.15) is 11.6 Å². The van der Waals surface area contributed by atoms with Gasteiger partial charge in [-0.25, -0.2) is 12.8 Å². The summed E-state index contributed by atoms with van der Waals surface area (Å²) in [6, 6.07) is 9.93. The van der Waals surface area contributed by atoms with E-state index in [9.17, 15) is 22.7 Å². The highest BCUT2D eigenvalue weighted by molar-refractivity contribution is 7.92. The maximum Gasteiger partial charge on any atom is 0.324 e. The molecule has 0 fully saturated rings. The number of nitrogens with zero attached hydrogens (tertiary/aromatic N) is 2. The van der Waals surface area contributed by atoms with E-state index in [0.29, 0.717) is 27.8 Å². The zero-order chi connectivity index (χ0) is 21.4. The predicted octanol–water partition coefficient (Wildman–Crippen LogP) is 3.13. The Bertz CT molecular complexity index is 1170. The van der Waals surface area contributed by atoms with Crippen LogP contribution in [-0.2, 0) is 21.2 Å². The fourth-order valence-corrected chi connectivity index (χ4v) is 3.76. The van der Waals surface area contributed by atoms with Crippen LogP contribution in [0.2, 0.25) is 0 Å². The van der Waals surface area contributed by atoms with Crippen molar-refractivity contribution in [3.63, 3.8) is 0 Å². The Kier molecular flexibility index (Phi) is 5.36. The number of aliphatic carboxylic acids is 1. The quantitative estimate of drug-likeness (QED) is 0.631. The monoisotopic (exact) mass is 420 g/mol. The Morgan fingerprint density at radius 2 is 1.93 bits per heavy atom. The fraction of sp³-hybridized carbons (Fsp3) is 0.300. The number of carbonyl (C=O) groups is 1. The SMILES string of the molecule is COc1ccc(-c2cc3cn(CC[C@](C)(C(=O)O)S(C)(=O)=O)nc3cc2F)cc1. The van der Waals surface area contributed by atoms with Gasteiger partial charge >= 0.3 is 5.97 Å². The summed E-state index contributed by atoms with van der Waals surface area (Å²) in [4.78, 5) is 11.5. The summed E-state index contributed by atoms with van der Waals surface area (Å²) in [7, 11) is -2.28. The molecule has 0 saturated heterocycles. The minimum Gasteiger partial charge on any atom is -0.497 e. The normalized spacial score (nSPS) is 13.9. The van der Waals surface area contributed by atoms with Crippen LogP contribution in [0.15, 0.2) is 42.6 Å². The van der Waals surface area contributed by atoms with E-state index in [-0.39, 0.29) is 13.0 Å². The van der Waals surface area contributed by atoms with E-state index in [0.717, 1.165) is 6.26 Å². The number of aryl methyl sites for hydroxylation is 1. The third kappa shape index (κ3) is 3.95. The lowest BCUT2D eigenvalue weighted by Gasteiger charge is -2.22. The van der Waals surface area contributed by atoms with E-state index >= 15 is 0 Å². The molecule has 0 aliphatic rings. The van der Waals surface area contributed by atoms with E-state index in [4.69, 9.17) is 4.74 Å². The van der Waals surface area contributed by atoms with Crippen LogP contribution < -0.4 is 4.74 Å². The van der Waals surface area contributed by atoms with Crippen molar-refractivity contribution in [2.24, 2.45) is 0 Å². The van der Waals surface area contributed by atoms with Crippen LogP contribution in [0.25, 0.3) is 22.0 Å². The van der Waals surface area contributed by atoms with Crippen LogP contribution in [0.4, 0.5) is 4.39 Å². The van der Waals surface area contributed by atoms with Crippen molar-refractivity contribution in [3.05, 3.63) is 48.4 Å². The second-order valence-electron chi connectivity index (χ2n) is 7.07. The van der Waals surface area contributed by atoms with Crippen LogP contribution in [0.3, 0.4) is 0 Å². The summed E-state index contributed by atoms with van der Waals surface area (Å²) in [6.45, 7) is 1.24. The topological polar surface area (TPSA) is 98.5 Å². The van der Waals surface area contributed by atoms with Gasteiger partial charge in [-0.15, -0.1) is 0 Å². The fourth-order valence-electron chi connectivity index (χ4n) is 2.98. The average Bonchev–Trinajstić information content (AvgIpc) is 3.06. The van der Waals surface area contributed by atoms with Gasteiger partial charge in [0.15, 0.2) is 14.6 Å². The van der Waals surface area contributed by atoms with Gasteiger partial charge in [-0.2, -0.15) is 5.10 Å². The molecule has 0 amide bonds. The van der Waals surface area contributed by atoms with Crippen molar-refractivity contribution < 1.29 is 27.4 Å². The maximum atomic E-state index is 14.6. The first-order chi connectivity index (χ1) is 13.5. The summed E-state index contributed by atoms with van der Waals surface area (Å²) in [6.07, 6.45) is 2.38. The molecule has 1 N–H and O–H groups in total. The number of fused-ring (bicyclic) bond motifs is 1. The standard InChI is InChI=1S/C20H21FN2O5S/c1-20(19(24)25,29(3,26)27)8-9-23-12-14-10-16(17(21)11-18(14)22-23)13-4-6-15(28-2)7-5-13/h4-7,10-12H,8-9H2,1-3H3,(H,24,25)/t20-/m1/s1. The first-order valence-corrected chi connectivity index (χ1v) is 10.7. The van der Waals surface area contributed by atoms with Crippen LogP contribution in [-0.4, -0.2) is 47.4 Å². The summed E-state index contributed by atoms with van der Waals surface area (Å²) < 4.78 is 43.0. The van der Waals surface area contributed by atoms with E-state index in [1.54, 1.807) is 43.6 Å². The Morgan fingerprint density at radius 1 is 1.28 bits per heavy atom. The van der Waals surface area contributed by atoms with Gasteiger partial charge in [0.25, 0.3) is 0 Å². The zero-order valence-electron chi connectivity index (χ0n) is 16.2. The molecule has 0 aliphatic heterocycles. The van der Waals surface area contributed by atoms with E-state index < -0.39 is 26.4 Å². The van der Waals surface area contributed by atoms with Crippen LogP contribution in [0.1, 0.15) is 13.3 Å². The van der Waals surface area contributed by atoms with Gasteiger partial charge in [0.05, 0.1) is 12.6 Å². The highest BCUT2D eigenvalue weighted by atomic mass is 32.2. The second-order valence-corrected chi connectivity index (χ2v) is 9.52. The molecule has 0 unspecified atom stereocenters. The van der Waals surface area contributed by atoms with E-state index in [1.807, 2.05) is 0 Å². The number of methoxy groups -OCH3 is 1. The molecule has 3 aromatic rings. The molecule has 9 heteroatoms. The lowest BCUT2D eigenvalue weighted by atomic mass is 10.0. The number of hydrogen-bond donors (Lipinski definition) is 1. The van der Waals surface area contributed by atoms with Crippen molar-refractivity contribution in [2.45, 2.75) is 24.6 Å². The van der Waals surface area contributed by atoms with Crippen molar-refractivity contribution in [3.8, 4) is 16.9 Å².